The molecule has 1 aromatic rings. The third-order valence-electron chi connectivity index (χ3n) is 3.27. The summed E-state index contributed by atoms with van der Waals surface area (Å²) >= 11 is 0. The van der Waals surface area contributed by atoms with Gasteiger partial charge in [0.15, 0.2) is 0 Å². The molecule has 0 unspecified atom stereocenters. The summed E-state index contributed by atoms with van der Waals surface area (Å²) in [5.74, 6) is 1.34. The zero-order valence-electron chi connectivity index (χ0n) is 11.7. The molecule has 1 amide bonds. The van der Waals surface area contributed by atoms with Crippen LogP contribution in [0.5, 0.6) is 5.88 Å². The highest BCUT2D eigenvalue weighted by atomic mass is 16.5. The predicted octanol–water partition coefficient (Wildman–Crippen LogP) is 1.46. The summed E-state index contributed by atoms with van der Waals surface area (Å²) in [6.07, 6.45) is 4.65. The van der Waals surface area contributed by atoms with Crippen molar-refractivity contribution in [2.75, 3.05) is 25.0 Å². The molecule has 1 aliphatic rings. The summed E-state index contributed by atoms with van der Waals surface area (Å²) in [5, 5.41) is 3.36. The lowest BCUT2D eigenvalue weighted by Crippen LogP contribution is -2.41. The number of likely N-dealkylation sites (tertiary alicyclic amines) is 1. The van der Waals surface area contributed by atoms with Crippen LogP contribution in [0, 0.1) is 0 Å². The molecule has 0 atom stereocenters. The number of hydrogen-bond donors (Lipinski definition) is 1. The average molecular weight is 276 g/mol. The molecular weight excluding hydrogens is 256 g/mol. The van der Waals surface area contributed by atoms with Gasteiger partial charge < -0.3 is 15.0 Å². The summed E-state index contributed by atoms with van der Waals surface area (Å²) in [6.45, 7) is 7.50. The molecular formula is C14H20N4O2. The summed E-state index contributed by atoms with van der Waals surface area (Å²) in [6, 6.07) is 2.11. The number of ether oxygens (including phenoxy) is 1. The van der Waals surface area contributed by atoms with Crippen molar-refractivity contribution in [1.82, 2.24) is 14.9 Å². The van der Waals surface area contributed by atoms with Gasteiger partial charge in [0, 0.05) is 25.2 Å². The van der Waals surface area contributed by atoms with E-state index in [0.717, 1.165) is 31.7 Å². The highest BCUT2D eigenvalue weighted by Crippen LogP contribution is 2.17. The van der Waals surface area contributed by atoms with Gasteiger partial charge in [-0.3, -0.25) is 4.79 Å². The normalized spacial score (nSPS) is 15.8. The fourth-order valence-corrected chi connectivity index (χ4v) is 2.23. The molecule has 0 saturated carbocycles. The topological polar surface area (TPSA) is 67.4 Å². The highest BCUT2D eigenvalue weighted by molar-refractivity contribution is 5.87. The summed E-state index contributed by atoms with van der Waals surface area (Å²) in [5.41, 5.74) is 0. The number of nitrogens with zero attached hydrogens (tertiary/aromatic N) is 3. The van der Waals surface area contributed by atoms with Crippen LogP contribution >= 0.6 is 0 Å². The molecule has 1 N–H and O–H groups in total. The molecule has 0 aliphatic carbocycles. The van der Waals surface area contributed by atoms with E-state index in [-0.39, 0.29) is 5.91 Å². The SMILES string of the molecule is C=CC(=O)N1CCC(Nc2cc(OCC)ncn2)CC1. The van der Waals surface area contributed by atoms with Crippen LogP contribution in [0.15, 0.2) is 25.0 Å². The molecule has 6 nitrogen and oxygen atoms in total. The maximum absolute atomic E-state index is 11.5. The maximum atomic E-state index is 11.5. The van der Waals surface area contributed by atoms with E-state index in [2.05, 4.69) is 21.9 Å². The Morgan fingerprint density at radius 3 is 2.95 bits per heavy atom. The molecule has 0 spiro atoms. The van der Waals surface area contributed by atoms with Crippen molar-refractivity contribution in [3.8, 4) is 5.88 Å². The average Bonchev–Trinajstić information content (AvgIpc) is 2.48. The fraction of sp³-hybridized carbons (Fsp3) is 0.500. The van der Waals surface area contributed by atoms with Crippen molar-refractivity contribution in [3.05, 3.63) is 25.0 Å². The Morgan fingerprint density at radius 1 is 1.55 bits per heavy atom. The number of amides is 1. The molecule has 0 radical (unpaired) electrons. The van der Waals surface area contributed by atoms with Gasteiger partial charge in [0.2, 0.25) is 11.8 Å². The van der Waals surface area contributed by atoms with Crippen LogP contribution in [0.1, 0.15) is 19.8 Å². The van der Waals surface area contributed by atoms with Crippen molar-refractivity contribution in [2.24, 2.45) is 0 Å². The molecule has 1 aromatic heterocycles. The van der Waals surface area contributed by atoms with Crippen LogP contribution in [0.2, 0.25) is 0 Å². The van der Waals surface area contributed by atoms with Gasteiger partial charge in [-0.25, -0.2) is 9.97 Å². The summed E-state index contributed by atoms with van der Waals surface area (Å²) in [4.78, 5) is 21.5. The fourth-order valence-electron chi connectivity index (χ4n) is 2.23. The minimum atomic E-state index is 0.00381. The van der Waals surface area contributed by atoms with Gasteiger partial charge in [-0.2, -0.15) is 0 Å². The smallest absolute Gasteiger partial charge is 0.245 e. The highest BCUT2D eigenvalue weighted by Gasteiger charge is 2.21. The molecule has 0 aromatic carbocycles. The Bertz CT molecular complexity index is 470. The van der Waals surface area contributed by atoms with Crippen molar-refractivity contribution >= 4 is 11.7 Å². The molecule has 1 aliphatic heterocycles. The third-order valence-corrected chi connectivity index (χ3v) is 3.27. The van der Waals surface area contributed by atoms with Crippen molar-refractivity contribution in [1.29, 1.82) is 0 Å². The second-order valence-electron chi connectivity index (χ2n) is 4.62. The van der Waals surface area contributed by atoms with Crippen molar-refractivity contribution in [3.63, 3.8) is 0 Å². The number of carbonyl (C=O) groups excluding carboxylic acids is 1. The second-order valence-corrected chi connectivity index (χ2v) is 4.62. The van der Waals surface area contributed by atoms with E-state index in [4.69, 9.17) is 4.74 Å². The van der Waals surface area contributed by atoms with E-state index in [1.54, 1.807) is 6.07 Å². The zero-order valence-corrected chi connectivity index (χ0v) is 11.7. The van der Waals surface area contributed by atoms with Crippen molar-refractivity contribution in [2.45, 2.75) is 25.8 Å². The van der Waals surface area contributed by atoms with Crippen LogP contribution in [0.25, 0.3) is 0 Å². The van der Waals surface area contributed by atoms with Gasteiger partial charge in [-0.05, 0) is 25.8 Å². The van der Waals surface area contributed by atoms with Gasteiger partial charge in [-0.15, -0.1) is 0 Å². The largest absolute Gasteiger partial charge is 0.478 e. The van der Waals surface area contributed by atoms with Gasteiger partial charge in [0.1, 0.15) is 12.1 Å². The van der Waals surface area contributed by atoms with Gasteiger partial charge in [0.25, 0.3) is 0 Å². The summed E-state index contributed by atoms with van der Waals surface area (Å²) in [7, 11) is 0. The Balaban J connectivity index is 1.87. The van der Waals surface area contributed by atoms with Gasteiger partial charge >= 0.3 is 0 Å². The molecule has 1 saturated heterocycles. The molecule has 20 heavy (non-hydrogen) atoms. The lowest BCUT2D eigenvalue weighted by atomic mass is 10.1. The lowest BCUT2D eigenvalue weighted by Gasteiger charge is -2.31. The number of rotatable bonds is 5. The van der Waals surface area contributed by atoms with Crippen LogP contribution < -0.4 is 10.1 Å². The number of anilines is 1. The zero-order chi connectivity index (χ0) is 14.4. The number of hydrogen-bond acceptors (Lipinski definition) is 5. The molecule has 1 fully saturated rings. The summed E-state index contributed by atoms with van der Waals surface area (Å²) < 4.78 is 5.34. The predicted molar refractivity (Wildman–Crippen MR) is 76.6 cm³/mol. The maximum Gasteiger partial charge on any atom is 0.245 e. The van der Waals surface area contributed by atoms with E-state index >= 15 is 0 Å². The molecule has 0 bridgehead atoms. The number of nitrogens with one attached hydrogen (secondary N) is 1. The lowest BCUT2D eigenvalue weighted by molar-refractivity contribution is -0.126. The van der Waals surface area contributed by atoms with Gasteiger partial charge in [0.05, 0.1) is 6.61 Å². The van der Waals surface area contributed by atoms with E-state index in [9.17, 15) is 4.79 Å². The Hall–Kier alpha value is -2.11. The first-order valence-electron chi connectivity index (χ1n) is 6.85. The first-order valence-corrected chi connectivity index (χ1v) is 6.85. The quantitative estimate of drug-likeness (QED) is 0.825. The first kappa shape index (κ1) is 14.3. The van der Waals surface area contributed by atoms with Gasteiger partial charge in [-0.1, -0.05) is 6.58 Å². The molecule has 2 rings (SSSR count). The first-order chi connectivity index (χ1) is 9.72. The second kappa shape index (κ2) is 6.88. The standard InChI is InChI=1S/C14H20N4O2/c1-3-14(19)18-7-5-11(6-8-18)17-12-9-13(20-4-2)16-10-15-12/h3,9-11H,1,4-8H2,2H3,(H,15,16,17). The van der Waals surface area contributed by atoms with Crippen LogP contribution in [0.3, 0.4) is 0 Å². The monoisotopic (exact) mass is 276 g/mol. The van der Waals surface area contributed by atoms with Crippen LogP contribution in [-0.4, -0.2) is 46.5 Å². The van der Waals surface area contributed by atoms with Crippen molar-refractivity contribution < 1.29 is 9.53 Å². The minimum absolute atomic E-state index is 0.00381. The van der Waals surface area contributed by atoms with E-state index in [0.29, 0.717) is 18.5 Å². The third kappa shape index (κ3) is 3.69. The number of carbonyl (C=O) groups is 1. The minimum Gasteiger partial charge on any atom is -0.478 e. The Kier molecular flexibility index (Phi) is 4.92. The van der Waals surface area contributed by atoms with Crippen LogP contribution in [-0.2, 0) is 4.79 Å². The van der Waals surface area contributed by atoms with E-state index < -0.39 is 0 Å². The Morgan fingerprint density at radius 2 is 2.30 bits per heavy atom. The van der Waals surface area contributed by atoms with Crippen LogP contribution in [0.4, 0.5) is 5.82 Å². The molecule has 108 valence electrons. The van der Waals surface area contributed by atoms with E-state index in [1.165, 1.54) is 12.4 Å². The molecule has 2 heterocycles. The Labute approximate surface area is 118 Å². The van der Waals surface area contributed by atoms with E-state index in [1.807, 2.05) is 11.8 Å². The number of piperidine rings is 1. The molecule has 6 heteroatoms. The number of aromatic nitrogens is 2.